The molecule has 4 rings (SSSR count). The number of amides is 2. The summed E-state index contributed by atoms with van der Waals surface area (Å²) in [7, 11) is 0. The van der Waals surface area contributed by atoms with Crippen LogP contribution in [0.4, 0.5) is 5.13 Å². The Kier molecular flexibility index (Phi) is 5.23. The number of aromatic nitrogens is 5. The highest BCUT2D eigenvalue weighted by Crippen LogP contribution is 2.22. The van der Waals surface area contributed by atoms with Crippen molar-refractivity contribution in [3.8, 4) is 11.4 Å². The van der Waals surface area contributed by atoms with Crippen molar-refractivity contribution < 1.29 is 9.59 Å². The lowest BCUT2D eigenvalue weighted by Gasteiger charge is -2.11. The molecule has 0 saturated carbocycles. The Balaban J connectivity index is 1.46. The molecule has 152 valence electrons. The summed E-state index contributed by atoms with van der Waals surface area (Å²) < 4.78 is 5.87. The van der Waals surface area contributed by atoms with Gasteiger partial charge in [-0.1, -0.05) is 30.3 Å². The molecule has 0 radical (unpaired) electrons. The van der Waals surface area contributed by atoms with E-state index in [-0.39, 0.29) is 17.9 Å². The second-order valence-electron chi connectivity index (χ2n) is 6.76. The molecular formula is C20H19N7O2S. The summed E-state index contributed by atoms with van der Waals surface area (Å²) in [6.07, 6.45) is 2.13. The molecular weight excluding hydrogens is 402 g/mol. The number of aryl methyl sites for hydroxylation is 2. The van der Waals surface area contributed by atoms with Crippen LogP contribution in [0.1, 0.15) is 33.7 Å². The number of benzene rings is 1. The van der Waals surface area contributed by atoms with Gasteiger partial charge >= 0.3 is 0 Å². The van der Waals surface area contributed by atoms with E-state index < -0.39 is 5.91 Å². The van der Waals surface area contributed by atoms with Crippen LogP contribution in [0.2, 0.25) is 0 Å². The van der Waals surface area contributed by atoms with Crippen LogP contribution in [-0.4, -0.2) is 35.8 Å². The van der Waals surface area contributed by atoms with Crippen molar-refractivity contribution in [2.75, 3.05) is 5.32 Å². The summed E-state index contributed by atoms with van der Waals surface area (Å²) in [5.74, 6) is -0.153. The van der Waals surface area contributed by atoms with E-state index in [1.807, 2.05) is 44.2 Å². The molecule has 0 spiro atoms. The van der Waals surface area contributed by atoms with E-state index in [1.165, 1.54) is 6.20 Å². The molecule has 0 aliphatic carbocycles. The summed E-state index contributed by atoms with van der Waals surface area (Å²) in [4.78, 5) is 32.8. The third-order valence-electron chi connectivity index (χ3n) is 4.78. The first-order valence-corrected chi connectivity index (χ1v) is 10.0. The van der Waals surface area contributed by atoms with E-state index in [0.717, 1.165) is 34.0 Å². The van der Waals surface area contributed by atoms with Gasteiger partial charge in [0.05, 0.1) is 6.20 Å². The van der Waals surface area contributed by atoms with Gasteiger partial charge in [0.2, 0.25) is 11.0 Å². The number of carbonyl (C=O) groups excluding carboxylic acids is 2. The molecule has 0 unspecified atom stereocenters. The van der Waals surface area contributed by atoms with Crippen LogP contribution in [0, 0.1) is 13.8 Å². The lowest BCUT2D eigenvalue weighted by Crippen LogP contribution is -2.15. The van der Waals surface area contributed by atoms with E-state index in [9.17, 15) is 9.59 Å². The van der Waals surface area contributed by atoms with Crippen molar-refractivity contribution >= 4 is 34.1 Å². The lowest BCUT2D eigenvalue weighted by molar-refractivity contribution is -0.116. The van der Waals surface area contributed by atoms with Crippen molar-refractivity contribution in [3.05, 3.63) is 59.0 Å². The van der Waals surface area contributed by atoms with Crippen molar-refractivity contribution in [1.82, 2.24) is 24.0 Å². The number of nitrogens with two attached hydrogens (primary N) is 1. The molecule has 10 heteroatoms. The Morgan fingerprint density at radius 2 is 1.93 bits per heavy atom. The number of primary amides is 1. The highest BCUT2D eigenvalue weighted by Gasteiger charge is 2.17. The summed E-state index contributed by atoms with van der Waals surface area (Å²) in [5.41, 5.74) is 9.43. The Bertz CT molecular complexity index is 1250. The van der Waals surface area contributed by atoms with Gasteiger partial charge in [0.1, 0.15) is 5.56 Å². The summed E-state index contributed by atoms with van der Waals surface area (Å²) >= 11 is 1.14. The summed E-state index contributed by atoms with van der Waals surface area (Å²) in [6.45, 7) is 3.72. The minimum Gasteiger partial charge on any atom is -0.365 e. The fourth-order valence-electron chi connectivity index (χ4n) is 3.25. The van der Waals surface area contributed by atoms with Gasteiger partial charge in [-0.3, -0.25) is 9.59 Å². The average molecular weight is 421 g/mol. The van der Waals surface area contributed by atoms with Crippen LogP contribution in [0.15, 0.2) is 36.5 Å². The normalized spacial score (nSPS) is 11.0. The van der Waals surface area contributed by atoms with Gasteiger partial charge in [0.15, 0.2) is 11.5 Å². The second-order valence-corrected chi connectivity index (χ2v) is 7.51. The number of nitrogens with zero attached hydrogens (tertiary/aromatic N) is 5. The fraction of sp³-hybridized carbons (Fsp3) is 0.200. The maximum Gasteiger partial charge on any atom is 0.254 e. The van der Waals surface area contributed by atoms with Crippen LogP contribution >= 0.6 is 11.5 Å². The molecule has 0 saturated heterocycles. The van der Waals surface area contributed by atoms with E-state index in [4.69, 9.17) is 5.73 Å². The quantitative estimate of drug-likeness (QED) is 0.492. The molecule has 3 heterocycles. The van der Waals surface area contributed by atoms with Crippen LogP contribution < -0.4 is 11.1 Å². The molecule has 4 aromatic rings. The molecule has 0 aliphatic rings. The zero-order chi connectivity index (χ0) is 21.3. The number of hydrogen-bond donors (Lipinski definition) is 2. The van der Waals surface area contributed by atoms with E-state index in [2.05, 4.69) is 24.8 Å². The van der Waals surface area contributed by atoms with Gasteiger partial charge < -0.3 is 11.1 Å². The Morgan fingerprint density at radius 1 is 1.17 bits per heavy atom. The summed E-state index contributed by atoms with van der Waals surface area (Å²) in [5, 5.41) is 7.46. The lowest BCUT2D eigenvalue weighted by atomic mass is 10.1. The third kappa shape index (κ3) is 3.77. The third-order valence-corrected chi connectivity index (χ3v) is 5.41. The minimum atomic E-state index is -0.574. The van der Waals surface area contributed by atoms with Crippen molar-refractivity contribution in [3.63, 3.8) is 0 Å². The molecule has 2 amide bonds. The molecule has 9 nitrogen and oxygen atoms in total. The van der Waals surface area contributed by atoms with Gasteiger partial charge in [0.25, 0.3) is 5.91 Å². The standard InChI is InChI=1S/C20H19N7O2S/c1-11-14(12(2)27-19(23-11)15(10-22-27)17(21)29)8-9-16(28)24-20-25-18(26-30-20)13-6-4-3-5-7-13/h3-7,10H,8-9H2,1-2H3,(H2,21,29)(H,24,25,26,28). The van der Waals surface area contributed by atoms with E-state index in [1.54, 1.807) is 4.52 Å². The maximum absolute atomic E-state index is 12.4. The van der Waals surface area contributed by atoms with Gasteiger partial charge in [-0.05, 0) is 25.8 Å². The topological polar surface area (TPSA) is 128 Å². The molecule has 0 aliphatic heterocycles. The predicted octanol–water partition coefficient (Wildman–Crippen LogP) is 2.53. The highest BCUT2D eigenvalue weighted by molar-refractivity contribution is 7.10. The molecule has 0 atom stereocenters. The first-order chi connectivity index (χ1) is 14.4. The molecule has 3 N–H and O–H groups in total. The monoisotopic (exact) mass is 421 g/mol. The van der Waals surface area contributed by atoms with Crippen molar-refractivity contribution in [2.45, 2.75) is 26.7 Å². The second kappa shape index (κ2) is 7.99. The number of rotatable bonds is 6. The Labute approximate surface area is 176 Å². The van der Waals surface area contributed by atoms with Crippen LogP contribution in [-0.2, 0) is 11.2 Å². The molecule has 3 aromatic heterocycles. The summed E-state index contributed by atoms with van der Waals surface area (Å²) in [6, 6.07) is 9.58. The smallest absolute Gasteiger partial charge is 0.254 e. The van der Waals surface area contributed by atoms with Crippen molar-refractivity contribution in [1.29, 1.82) is 0 Å². The zero-order valence-electron chi connectivity index (χ0n) is 16.4. The highest BCUT2D eigenvalue weighted by atomic mass is 32.1. The molecule has 30 heavy (non-hydrogen) atoms. The van der Waals surface area contributed by atoms with Gasteiger partial charge in [-0.15, -0.1) is 0 Å². The van der Waals surface area contributed by atoms with E-state index in [0.29, 0.717) is 23.0 Å². The van der Waals surface area contributed by atoms with Gasteiger partial charge in [-0.25, -0.2) is 9.50 Å². The Morgan fingerprint density at radius 3 is 2.67 bits per heavy atom. The van der Waals surface area contributed by atoms with Crippen LogP contribution in [0.25, 0.3) is 17.0 Å². The maximum atomic E-state index is 12.4. The average Bonchev–Trinajstić information content (AvgIpc) is 3.35. The largest absolute Gasteiger partial charge is 0.365 e. The van der Waals surface area contributed by atoms with E-state index >= 15 is 0 Å². The first kappa shape index (κ1) is 19.6. The first-order valence-electron chi connectivity index (χ1n) is 9.26. The van der Waals surface area contributed by atoms with Crippen LogP contribution in [0.3, 0.4) is 0 Å². The molecule has 1 aromatic carbocycles. The Hall–Kier alpha value is -3.66. The number of fused-ring (bicyclic) bond motifs is 1. The molecule has 0 fully saturated rings. The fourth-order valence-corrected chi connectivity index (χ4v) is 3.85. The number of carbonyl (C=O) groups is 2. The number of nitrogens with one attached hydrogen (secondary N) is 1. The minimum absolute atomic E-state index is 0.164. The zero-order valence-corrected chi connectivity index (χ0v) is 17.2. The number of anilines is 1. The van der Waals surface area contributed by atoms with Gasteiger partial charge in [-0.2, -0.15) is 14.5 Å². The SMILES string of the molecule is Cc1nc2c(C(N)=O)cnn2c(C)c1CCC(=O)Nc1nc(-c2ccccc2)ns1. The van der Waals surface area contributed by atoms with Crippen LogP contribution in [0.5, 0.6) is 0 Å². The predicted molar refractivity (Wildman–Crippen MR) is 113 cm³/mol. The van der Waals surface area contributed by atoms with Crippen molar-refractivity contribution in [2.24, 2.45) is 5.73 Å². The number of hydrogen-bond acceptors (Lipinski definition) is 7. The van der Waals surface area contributed by atoms with Gasteiger partial charge in [0, 0.05) is 34.9 Å². The molecule has 0 bridgehead atoms.